The summed E-state index contributed by atoms with van der Waals surface area (Å²) in [6.07, 6.45) is 0. The van der Waals surface area contributed by atoms with Gasteiger partial charge in [0.1, 0.15) is 34.2 Å². The molecule has 154 valence electrons. The van der Waals surface area contributed by atoms with Crippen molar-refractivity contribution in [2.45, 2.75) is 52.7 Å². The molecule has 0 fully saturated rings. The second kappa shape index (κ2) is 8.70. The molecule has 8 heteroatoms. The summed E-state index contributed by atoms with van der Waals surface area (Å²) in [6.45, 7) is 8.95. The van der Waals surface area contributed by atoms with E-state index in [1.165, 1.54) is 0 Å². The molecule has 0 aliphatic carbocycles. The number of benzene rings is 2. The van der Waals surface area contributed by atoms with Gasteiger partial charge in [-0.2, -0.15) is 5.20 Å². The SMILES string of the molecule is CC(C)(C)Oc1ccc(OP(=S)(NN)Oc2ccc(OC(C)(C)C)cc2)cc1. The van der Waals surface area contributed by atoms with Crippen LogP contribution in [0.3, 0.4) is 0 Å². The standard InChI is InChI=1S/C20H29N2O4PS/c1-19(2,3)23-15-7-11-17(12-8-15)25-27(28,22-21)26-18-13-9-16(10-14-18)24-20(4,5)6/h7-14H,21H2,1-6H3,(H,22,28). The Morgan fingerprint density at radius 2 is 0.964 bits per heavy atom. The minimum Gasteiger partial charge on any atom is -0.488 e. The predicted octanol–water partition coefficient (Wildman–Crippen LogP) is 5.19. The van der Waals surface area contributed by atoms with Crippen LogP contribution in [-0.4, -0.2) is 11.2 Å². The molecule has 0 amide bonds. The van der Waals surface area contributed by atoms with Crippen molar-refractivity contribution in [3.8, 4) is 23.0 Å². The lowest BCUT2D eigenvalue weighted by molar-refractivity contribution is 0.130. The normalized spacial score (nSPS) is 12.4. The van der Waals surface area contributed by atoms with Gasteiger partial charge < -0.3 is 18.5 Å². The van der Waals surface area contributed by atoms with Gasteiger partial charge in [-0.3, -0.25) is 5.84 Å². The molecule has 0 aromatic heterocycles. The van der Waals surface area contributed by atoms with Gasteiger partial charge in [0.15, 0.2) is 0 Å². The number of rotatable bonds is 7. The van der Waals surface area contributed by atoms with Crippen LogP contribution in [0.4, 0.5) is 0 Å². The quantitative estimate of drug-likeness (QED) is 0.360. The van der Waals surface area contributed by atoms with Crippen molar-refractivity contribution in [2.75, 3.05) is 0 Å². The summed E-state index contributed by atoms with van der Waals surface area (Å²) < 4.78 is 23.3. The number of ether oxygens (including phenoxy) is 2. The number of hydrogen-bond donors (Lipinski definition) is 2. The molecule has 0 spiro atoms. The zero-order chi connectivity index (χ0) is 21.0. The van der Waals surface area contributed by atoms with Gasteiger partial charge in [0.25, 0.3) is 0 Å². The third-order valence-electron chi connectivity index (χ3n) is 3.10. The van der Waals surface area contributed by atoms with Crippen molar-refractivity contribution < 1.29 is 18.5 Å². The monoisotopic (exact) mass is 424 g/mol. The van der Waals surface area contributed by atoms with Gasteiger partial charge in [-0.1, -0.05) is 0 Å². The minimum atomic E-state index is -2.98. The van der Waals surface area contributed by atoms with E-state index in [-0.39, 0.29) is 11.2 Å². The lowest BCUT2D eigenvalue weighted by atomic mass is 10.2. The molecule has 2 aromatic rings. The van der Waals surface area contributed by atoms with E-state index in [4.69, 9.17) is 36.2 Å². The summed E-state index contributed by atoms with van der Waals surface area (Å²) in [4.78, 5) is 0. The van der Waals surface area contributed by atoms with E-state index in [9.17, 15) is 0 Å². The van der Waals surface area contributed by atoms with Crippen LogP contribution in [0.2, 0.25) is 0 Å². The second-order valence-corrected chi connectivity index (χ2v) is 11.2. The maximum absolute atomic E-state index is 5.83. The summed E-state index contributed by atoms with van der Waals surface area (Å²) in [5.74, 6) is 8.18. The van der Waals surface area contributed by atoms with Gasteiger partial charge in [-0.05, 0) is 90.1 Å². The highest BCUT2D eigenvalue weighted by Crippen LogP contribution is 2.44. The molecule has 0 saturated heterocycles. The van der Waals surface area contributed by atoms with Crippen LogP contribution in [0.5, 0.6) is 23.0 Å². The third-order valence-corrected chi connectivity index (χ3v) is 5.09. The van der Waals surface area contributed by atoms with Crippen molar-refractivity contribution in [3.05, 3.63) is 48.5 Å². The molecular formula is C20H29N2O4PS. The van der Waals surface area contributed by atoms with Gasteiger partial charge in [-0.15, -0.1) is 0 Å². The van der Waals surface area contributed by atoms with E-state index in [0.29, 0.717) is 11.5 Å². The average molecular weight is 425 g/mol. The maximum Gasteiger partial charge on any atom is 0.378 e. The first-order chi connectivity index (χ1) is 12.9. The average Bonchev–Trinajstić information content (AvgIpc) is 2.56. The van der Waals surface area contributed by atoms with Crippen molar-refractivity contribution in [1.29, 1.82) is 0 Å². The summed E-state index contributed by atoms with van der Waals surface area (Å²) in [5.41, 5.74) is -0.552. The lowest BCUT2D eigenvalue weighted by Crippen LogP contribution is -2.24. The first-order valence-electron chi connectivity index (χ1n) is 8.93. The van der Waals surface area contributed by atoms with Crippen LogP contribution in [0.15, 0.2) is 48.5 Å². The highest BCUT2D eigenvalue weighted by atomic mass is 32.5. The van der Waals surface area contributed by atoms with Crippen LogP contribution in [0.25, 0.3) is 0 Å². The minimum absolute atomic E-state index is 0.276. The second-order valence-electron chi connectivity index (χ2n) is 8.18. The fraction of sp³-hybridized carbons (Fsp3) is 0.400. The van der Waals surface area contributed by atoms with E-state index < -0.39 is 6.64 Å². The zero-order valence-corrected chi connectivity index (χ0v) is 18.9. The molecule has 2 rings (SSSR count). The Labute approximate surface area is 172 Å². The van der Waals surface area contributed by atoms with Crippen molar-refractivity contribution >= 4 is 18.4 Å². The fourth-order valence-corrected chi connectivity index (χ4v) is 3.65. The molecule has 0 heterocycles. The predicted molar refractivity (Wildman–Crippen MR) is 117 cm³/mol. The zero-order valence-electron chi connectivity index (χ0n) is 17.2. The maximum atomic E-state index is 5.83. The molecule has 0 radical (unpaired) electrons. The first kappa shape index (κ1) is 22.5. The van der Waals surface area contributed by atoms with Crippen LogP contribution in [0, 0.1) is 0 Å². The summed E-state index contributed by atoms with van der Waals surface area (Å²) >= 11 is 5.48. The smallest absolute Gasteiger partial charge is 0.378 e. The van der Waals surface area contributed by atoms with Gasteiger partial charge in [0.05, 0.1) is 0 Å². The summed E-state index contributed by atoms with van der Waals surface area (Å²) in [6, 6.07) is 14.3. The Balaban J connectivity index is 2.05. The third kappa shape index (κ3) is 7.68. The highest BCUT2D eigenvalue weighted by Gasteiger charge is 2.22. The van der Waals surface area contributed by atoms with Gasteiger partial charge in [-0.25, -0.2) is 0 Å². The lowest BCUT2D eigenvalue weighted by Gasteiger charge is -2.24. The van der Waals surface area contributed by atoms with Gasteiger partial charge in [0, 0.05) is 11.8 Å². The highest BCUT2D eigenvalue weighted by molar-refractivity contribution is 8.09. The number of nitrogens with one attached hydrogen (secondary N) is 1. The largest absolute Gasteiger partial charge is 0.488 e. The van der Waals surface area contributed by atoms with Crippen LogP contribution in [-0.2, 0) is 11.8 Å². The Kier molecular flexibility index (Phi) is 6.99. The Morgan fingerprint density at radius 1 is 0.679 bits per heavy atom. The molecular weight excluding hydrogens is 395 g/mol. The molecule has 3 N–H and O–H groups in total. The molecule has 0 unspecified atom stereocenters. The molecule has 2 aromatic carbocycles. The van der Waals surface area contributed by atoms with Gasteiger partial charge >= 0.3 is 6.64 Å². The molecule has 0 bridgehead atoms. The summed E-state index contributed by atoms with van der Waals surface area (Å²) in [5, 5.41) is 2.50. The van der Waals surface area contributed by atoms with E-state index in [1.807, 2.05) is 65.8 Å². The number of nitrogens with two attached hydrogens (primary N) is 1. The molecule has 28 heavy (non-hydrogen) atoms. The van der Waals surface area contributed by atoms with Gasteiger partial charge in [0.2, 0.25) is 0 Å². The Bertz CT molecular complexity index is 747. The van der Waals surface area contributed by atoms with Crippen molar-refractivity contribution in [2.24, 2.45) is 5.84 Å². The van der Waals surface area contributed by atoms with Crippen LogP contribution >= 0.6 is 6.64 Å². The van der Waals surface area contributed by atoms with E-state index in [0.717, 1.165) is 11.5 Å². The van der Waals surface area contributed by atoms with Crippen molar-refractivity contribution in [3.63, 3.8) is 0 Å². The van der Waals surface area contributed by atoms with E-state index in [1.54, 1.807) is 24.3 Å². The Morgan fingerprint density at radius 3 is 1.21 bits per heavy atom. The molecule has 0 atom stereocenters. The number of hydrazine groups is 1. The topological polar surface area (TPSA) is 75.0 Å². The Hall–Kier alpha value is -1.79. The molecule has 6 nitrogen and oxygen atoms in total. The van der Waals surface area contributed by atoms with Crippen molar-refractivity contribution in [1.82, 2.24) is 5.20 Å². The summed E-state index contributed by atoms with van der Waals surface area (Å²) in [7, 11) is 0. The van der Waals surface area contributed by atoms with Crippen LogP contribution < -0.4 is 29.6 Å². The molecule has 0 aliphatic heterocycles. The number of hydrogen-bond acceptors (Lipinski definition) is 6. The molecule has 0 aliphatic rings. The van der Waals surface area contributed by atoms with E-state index in [2.05, 4.69) is 5.20 Å². The van der Waals surface area contributed by atoms with Crippen LogP contribution in [0.1, 0.15) is 41.5 Å². The molecule has 0 saturated carbocycles. The van der Waals surface area contributed by atoms with E-state index >= 15 is 0 Å². The fourth-order valence-electron chi connectivity index (χ4n) is 2.19. The first-order valence-corrected chi connectivity index (χ1v) is 11.6.